The van der Waals surface area contributed by atoms with Crippen molar-refractivity contribution in [2.24, 2.45) is 0 Å². The van der Waals surface area contributed by atoms with Gasteiger partial charge in [0.2, 0.25) is 5.91 Å². The Morgan fingerprint density at radius 2 is 1.13 bits per heavy atom. The Kier molecular flexibility index (Phi) is 7.20. The summed E-state index contributed by atoms with van der Waals surface area (Å²) in [5.74, 6) is -0.326. The number of carbonyl (C=O) groups is 2. The van der Waals surface area contributed by atoms with Crippen molar-refractivity contribution in [3.63, 3.8) is 0 Å². The van der Waals surface area contributed by atoms with E-state index in [0.717, 1.165) is 11.1 Å². The number of ketones is 1. The van der Waals surface area contributed by atoms with Crippen LogP contribution in [0.25, 0.3) is 0 Å². The number of Topliss-reactive ketones (excluding diaryl/α,β-unsaturated/α-hetero) is 1. The number of hydrogen-bond donors (Lipinski definition) is 1. The zero-order chi connectivity index (χ0) is 17.3. The SMILES string of the molecule is CC.CC.O=C1CC(=O)C(c2ccccc2)(c2ccccc2)N1. The zero-order valence-electron chi connectivity index (χ0n) is 14.3. The van der Waals surface area contributed by atoms with Crippen molar-refractivity contribution in [2.45, 2.75) is 39.7 Å². The third kappa shape index (κ3) is 3.67. The molecule has 1 fully saturated rings. The molecule has 1 aliphatic rings. The molecule has 0 atom stereocenters. The fourth-order valence-electron chi connectivity index (χ4n) is 2.61. The average molecular weight is 311 g/mol. The van der Waals surface area contributed by atoms with E-state index in [9.17, 15) is 9.59 Å². The maximum Gasteiger partial charge on any atom is 0.228 e. The summed E-state index contributed by atoms with van der Waals surface area (Å²) in [5.41, 5.74) is 0.577. The normalized spacial score (nSPS) is 14.8. The van der Waals surface area contributed by atoms with Crippen molar-refractivity contribution >= 4 is 11.7 Å². The Morgan fingerprint density at radius 1 is 0.739 bits per heavy atom. The number of carbonyl (C=O) groups excluding carboxylic acids is 2. The van der Waals surface area contributed by atoms with Crippen molar-refractivity contribution in [3.05, 3.63) is 71.8 Å². The maximum atomic E-state index is 12.4. The Balaban J connectivity index is 0.000000615. The van der Waals surface area contributed by atoms with E-state index in [4.69, 9.17) is 0 Å². The third-order valence-electron chi connectivity index (χ3n) is 3.48. The van der Waals surface area contributed by atoms with E-state index in [1.54, 1.807) is 0 Å². The molecule has 0 bridgehead atoms. The van der Waals surface area contributed by atoms with Crippen molar-refractivity contribution in [1.29, 1.82) is 0 Å². The number of benzene rings is 2. The molecule has 0 aromatic heterocycles. The van der Waals surface area contributed by atoms with Crippen LogP contribution >= 0.6 is 0 Å². The van der Waals surface area contributed by atoms with Gasteiger partial charge >= 0.3 is 0 Å². The summed E-state index contributed by atoms with van der Waals surface area (Å²) in [6.07, 6.45) is -0.0657. The molecular formula is C20H25NO2. The second-order valence-electron chi connectivity index (χ2n) is 4.63. The maximum absolute atomic E-state index is 12.4. The first-order valence-electron chi connectivity index (χ1n) is 8.19. The topological polar surface area (TPSA) is 46.2 Å². The molecule has 1 N–H and O–H groups in total. The molecule has 122 valence electrons. The molecule has 1 amide bonds. The minimum absolute atomic E-state index is 0.0657. The first-order valence-corrected chi connectivity index (χ1v) is 8.19. The van der Waals surface area contributed by atoms with Crippen LogP contribution in [0.4, 0.5) is 0 Å². The molecule has 0 saturated carbocycles. The van der Waals surface area contributed by atoms with E-state index >= 15 is 0 Å². The van der Waals surface area contributed by atoms with E-state index in [1.807, 2.05) is 88.4 Å². The van der Waals surface area contributed by atoms with Crippen molar-refractivity contribution in [2.75, 3.05) is 0 Å². The molecule has 0 spiro atoms. The standard InChI is InChI=1S/C16H13NO2.2C2H6/c18-14-11-15(19)17-16(14,12-7-3-1-4-8-12)13-9-5-2-6-10-13;2*1-2/h1-10H,11H2,(H,17,19);2*1-2H3. The van der Waals surface area contributed by atoms with Gasteiger partial charge in [-0.1, -0.05) is 88.4 Å². The van der Waals surface area contributed by atoms with Crippen molar-refractivity contribution in [3.8, 4) is 0 Å². The largest absolute Gasteiger partial charge is 0.336 e. The summed E-state index contributed by atoms with van der Waals surface area (Å²) >= 11 is 0. The van der Waals surface area contributed by atoms with Gasteiger partial charge in [-0.05, 0) is 11.1 Å². The van der Waals surface area contributed by atoms with E-state index in [2.05, 4.69) is 5.32 Å². The first-order chi connectivity index (χ1) is 11.2. The predicted molar refractivity (Wildman–Crippen MR) is 94.1 cm³/mol. The van der Waals surface area contributed by atoms with Gasteiger partial charge in [-0.25, -0.2) is 0 Å². The highest BCUT2D eigenvalue weighted by Gasteiger charge is 2.48. The molecular weight excluding hydrogens is 286 g/mol. The fourth-order valence-corrected chi connectivity index (χ4v) is 2.61. The van der Waals surface area contributed by atoms with Crippen LogP contribution in [0.2, 0.25) is 0 Å². The lowest BCUT2D eigenvalue weighted by molar-refractivity contribution is -0.122. The van der Waals surface area contributed by atoms with Crippen LogP contribution in [0.15, 0.2) is 60.7 Å². The minimum Gasteiger partial charge on any atom is -0.336 e. The molecule has 0 unspecified atom stereocenters. The number of rotatable bonds is 2. The van der Waals surface area contributed by atoms with Gasteiger partial charge in [-0.3, -0.25) is 9.59 Å². The minimum atomic E-state index is -1.03. The van der Waals surface area contributed by atoms with E-state index in [1.165, 1.54) is 0 Å². The Hall–Kier alpha value is -2.42. The van der Waals surface area contributed by atoms with Gasteiger partial charge in [-0.2, -0.15) is 0 Å². The predicted octanol–water partition coefficient (Wildman–Crippen LogP) is 4.07. The highest BCUT2D eigenvalue weighted by Crippen LogP contribution is 2.35. The van der Waals surface area contributed by atoms with Gasteiger partial charge < -0.3 is 5.32 Å². The molecule has 0 aliphatic carbocycles. The Labute approximate surface area is 138 Å². The fraction of sp³-hybridized carbons (Fsp3) is 0.300. The molecule has 2 aromatic rings. The highest BCUT2D eigenvalue weighted by atomic mass is 16.2. The van der Waals surface area contributed by atoms with Crippen molar-refractivity contribution < 1.29 is 9.59 Å². The molecule has 0 radical (unpaired) electrons. The van der Waals surface area contributed by atoms with Crippen LogP contribution in [0.3, 0.4) is 0 Å². The van der Waals surface area contributed by atoms with Gasteiger partial charge in [0.05, 0.1) is 6.42 Å². The monoisotopic (exact) mass is 311 g/mol. The summed E-state index contributed by atoms with van der Waals surface area (Å²) < 4.78 is 0. The van der Waals surface area contributed by atoms with Crippen LogP contribution in [-0.4, -0.2) is 11.7 Å². The van der Waals surface area contributed by atoms with Gasteiger partial charge in [0.1, 0.15) is 0 Å². The van der Waals surface area contributed by atoms with Gasteiger partial charge in [0, 0.05) is 0 Å². The lowest BCUT2D eigenvalue weighted by atomic mass is 9.81. The first kappa shape index (κ1) is 18.6. The van der Waals surface area contributed by atoms with Crippen molar-refractivity contribution in [1.82, 2.24) is 5.32 Å². The Morgan fingerprint density at radius 3 is 1.43 bits per heavy atom. The quantitative estimate of drug-likeness (QED) is 0.850. The molecule has 1 saturated heterocycles. The van der Waals surface area contributed by atoms with Crippen LogP contribution < -0.4 is 5.32 Å². The zero-order valence-corrected chi connectivity index (χ0v) is 14.3. The summed E-state index contributed by atoms with van der Waals surface area (Å²) in [7, 11) is 0. The van der Waals surface area contributed by atoms with Gasteiger partial charge in [-0.15, -0.1) is 0 Å². The van der Waals surface area contributed by atoms with E-state index < -0.39 is 5.54 Å². The second-order valence-corrected chi connectivity index (χ2v) is 4.63. The molecule has 1 heterocycles. The lowest BCUT2D eigenvalue weighted by Crippen LogP contribution is -2.44. The van der Waals surface area contributed by atoms with Crippen LogP contribution in [0.5, 0.6) is 0 Å². The number of hydrogen-bond acceptors (Lipinski definition) is 2. The molecule has 3 nitrogen and oxygen atoms in total. The van der Waals surface area contributed by atoms with E-state index in [-0.39, 0.29) is 18.1 Å². The third-order valence-corrected chi connectivity index (χ3v) is 3.48. The lowest BCUT2D eigenvalue weighted by Gasteiger charge is -2.28. The van der Waals surface area contributed by atoms with Crippen LogP contribution in [-0.2, 0) is 15.1 Å². The van der Waals surface area contributed by atoms with Crippen LogP contribution in [0, 0.1) is 0 Å². The molecule has 1 aliphatic heterocycles. The summed E-state index contributed by atoms with van der Waals surface area (Å²) in [6, 6.07) is 18.8. The molecule has 23 heavy (non-hydrogen) atoms. The molecule has 3 rings (SSSR count). The molecule has 2 aromatic carbocycles. The van der Waals surface area contributed by atoms with Gasteiger partial charge in [0.25, 0.3) is 0 Å². The highest BCUT2D eigenvalue weighted by molar-refractivity contribution is 6.12. The summed E-state index contributed by atoms with van der Waals surface area (Å²) in [5, 5.41) is 2.86. The summed E-state index contributed by atoms with van der Waals surface area (Å²) in [4.78, 5) is 24.1. The van der Waals surface area contributed by atoms with Gasteiger partial charge in [0.15, 0.2) is 11.3 Å². The number of amides is 1. The smallest absolute Gasteiger partial charge is 0.228 e. The van der Waals surface area contributed by atoms with E-state index in [0.29, 0.717) is 0 Å². The second kappa shape index (κ2) is 8.89. The molecule has 3 heteroatoms. The summed E-state index contributed by atoms with van der Waals surface area (Å²) in [6.45, 7) is 8.00. The number of nitrogens with one attached hydrogen (secondary N) is 1. The average Bonchev–Trinajstić information content (AvgIpc) is 2.95. The van der Waals surface area contributed by atoms with Crippen LogP contribution in [0.1, 0.15) is 45.2 Å². The Bertz CT molecular complexity index is 581.